The summed E-state index contributed by atoms with van der Waals surface area (Å²) >= 11 is 3.14. The molecule has 1 N–H and O–H groups in total. The highest BCUT2D eigenvalue weighted by atomic mass is 79.9. The fourth-order valence-corrected chi connectivity index (χ4v) is 3.45. The number of hydrogen-bond donors (Lipinski definition) is 1. The van der Waals surface area contributed by atoms with Crippen LogP contribution in [0.5, 0.6) is 0 Å². The smallest absolute Gasteiger partial charge is 0.293 e. The SMILES string of the molecule is Cn1c(=O)c(Nc2ccc(N3CCOCC3)cc2)nc2cc(F)c(Br)cc21. The number of aryl methyl sites for hydroxylation is 1. The van der Waals surface area contributed by atoms with Crippen molar-refractivity contribution in [1.29, 1.82) is 0 Å². The maximum Gasteiger partial charge on any atom is 0.293 e. The summed E-state index contributed by atoms with van der Waals surface area (Å²) in [4.78, 5) is 19.2. The Hall–Kier alpha value is -2.45. The first-order chi connectivity index (χ1) is 13.0. The molecular formula is C19H18BrFN4O2. The number of morpholine rings is 1. The second kappa shape index (κ2) is 7.28. The number of anilines is 3. The number of ether oxygens (including phenoxy) is 1. The van der Waals surface area contributed by atoms with Crippen molar-refractivity contribution in [1.82, 2.24) is 9.55 Å². The third-order valence-corrected chi connectivity index (χ3v) is 5.23. The summed E-state index contributed by atoms with van der Waals surface area (Å²) in [6.45, 7) is 3.18. The molecule has 6 nitrogen and oxygen atoms in total. The van der Waals surface area contributed by atoms with Crippen molar-refractivity contribution in [2.45, 2.75) is 0 Å². The quantitative estimate of drug-likeness (QED) is 0.686. The van der Waals surface area contributed by atoms with E-state index in [2.05, 4.69) is 31.1 Å². The molecule has 0 bridgehead atoms. The first-order valence-corrected chi connectivity index (χ1v) is 9.38. The predicted molar refractivity (Wildman–Crippen MR) is 107 cm³/mol. The third-order valence-electron chi connectivity index (χ3n) is 4.62. The molecule has 0 saturated carbocycles. The Morgan fingerprint density at radius 2 is 1.89 bits per heavy atom. The summed E-state index contributed by atoms with van der Waals surface area (Å²) in [5, 5.41) is 3.05. The van der Waals surface area contributed by atoms with Gasteiger partial charge in [0.25, 0.3) is 5.56 Å². The minimum atomic E-state index is -0.422. The van der Waals surface area contributed by atoms with Crippen molar-refractivity contribution in [3.63, 3.8) is 0 Å². The highest BCUT2D eigenvalue weighted by Gasteiger charge is 2.13. The molecule has 8 heteroatoms. The average Bonchev–Trinajstić information content (AvgIpc) is 2.69. The van der Waals surface area contributed by atoms with Crippen molar-refractivity contribution in [3.8, 4) is 0 Å². The van der Waals surface area contributed by atoms with Crippen molar-refractivity contribution >= 4 is 44.2 Å². The first-order valence-electron chi connectivity index (χ1n) is 8.58. The maximum absolute atomic E-state index is 13.9. The number of hydrogen-bond acceptors (Lipinski definition) is 5. The molecule has 4 rings (SSSR count). The van der Waals surface area contributed by atoms with Crippen molar-refractivity contribution in [3.05, 3.63) is 57.0 Å². The van der Waals surface area contributed by atoms with Gasteiger partial charge >= 0.3 is 0 Å². The Kier molecular flexibility index (Phi) is 4.84. The third kappa shape index (κ3) is 3.54. The predicted octanol–water partition coefficient (Wildman–Crippen LogP) is 3.42. The molecule has 3 aromatic rings. The Morgan fingerprint density at radius 1 is 1.19 bits per heavy atom. The van der Waals surface area contributed by atoms with E-state index in [1.54, 1.807) is 13.1 Å². The lowest BCUT2D eigenvalue weighted by atomic mass is 10.2. The highest BCUT2D eigenvalue weighted by molar-refractivity contribution is 9.10. The second-order valence-corrected chi connectivity index (χ2v) is 7.21. The molecule has 0 aliphatic carbocycles. The van der Waals surface area contributed by atoms with E-state index in [9.17, 15) is 9.18 Å². The van der Waals surface area contributed by atoms with Crippen molar-refractivity contribution in [2.24, 2.45) is 7.05 Å². The minimum absolute atomic E-state index is 0.158. The lowest BCUT2D eigenvalue weighted by Gasteiger charge is -2.28. The van der Waals surface area contributed by atoms with Gasteiger partial charge in [-0.3, -0.25) is 4.79 Å². The molecule has 2 aromatic carbocycles. The monoisotopic (exact) mass is 432 g/mol. The molecule has 1 aliphatic rings. The molecule has 1 fully saturated rings. The number of halogens is 2. The van der Waals surface area contributed by atoms with Crippen LogP contribution in [0, 0.1) is 5.82 Å². The minimum Gasteiger partial charge on any atom is -0.378 e. The number of nitrogens with one attached hydrogen (secondary N) is 1. The van der Waals surface area contributed by atoms with Crippen molar-refractivity contribution in [2.75, 3.05) is 36.5 Å². The number of fused-ring (bicyclic) bond motifs is 1. The van der Waals surface area contributed by atoms with E-state index in [0.717, 1.165) is 37.7 Å². The Morgan fingerprint density at radius 3 is 2.59 bits per heavy atom. The van der Waals surface area contributed by atoms with Gasteiger partial charge in [-0.1, -0.05) is 0 Å². The zero-order valence-corrected chi connectivity index (χ0v) is 16.3. The standard InChI is InChI=1S/C19H18BrFN4O2/c1-24-17-10-14(20)15(21)11-16(17)23-18(19(24)26)22-12-2-4-13(5-3-12)25-6-8-27-9-7-25/h2-5,10-11H,6-9H2,1H3,(H,22,23). The Labute approximate surface area is 163 Å². The molecule has 27 heavy (non-hydrogen) atoms. The number of aromatic nitrogens is 2. The summed E-state index contributed by atoms with van der Waals surface area (Å²) < 4.78 is 21.0. The molecule has 0 spiro atoms. The summed E-state index contributed by atoms with van der Waals surface area (Å²) in [5.41, 5.74) is 2.54. The average molecular weight is 433 g/mol. The second-order valence-electron chi connectivity index (χ2n) is 6.35. The van der Waals surface area contributed by atoms with Crippen LogP contribution in [-0.4, -0.2) is 35.9 Å². The highest BCUT2D eigenvalue weighted by Crippen LogP contribution is 2.24. The van der Waals surface area contributed by atoms with E-state index in [4.69, 9.17) is 4.74 Å². The van der Waals surface area contributed by atoms with Crippen LogP contribution in [0.15, 0.2) is 45.7 Å². The fraction of sp³-hybridized carbons (Fsp3) is 0.263. The van der Waals surface area contributed by atoms with E-state index in [-0.39, 0.29) is 11.4 Å². The van der Waals surface area contributed by atoms with Gasteiger partial charge in [-0.15, -0.1) is 0 Å². The zero-order valence-electron chi connectivity index (χ0n) is 14.7. The molecule has 1 aromatic heterocycles. The van der Waals surface area contributed by atoms with Crippen LogP contribution in [0.2, 0.25) is 0 Å². The molecule has 1 saturated heterocycles. The van der Waals surface area contributed by atoms with Gasteiger partial charge < -0.3 is 19.5 Å². The molecule has 0 atom stereocenters. The zero-order chi connectivity index (χ0) is 19.0. The van der Waals surface area contributed by atoms with Crippen LogP contribution in [0.4, 0.5) is 21.6 Å². The van der Waals surface area contributed by atoms with Gasteiger partial charge in [-0.2, -0.15) is 0 Å². The molecule has 1 aliphatic heterocycles. The van der Waals surface area contributed by atoms with Crippen LogP contribution in [0.1, 0.15) is 0 Å². The van der Waals surface area contributed by atoms with E-state index < -0.39 is 5.82 Å². The van der Waals surface area contributed by atoms with E-state index in [0.29, 0.717) is 15.5 Å². The summed E-state index contributed by atoms with van der Waals surface area (Å²) in [5.74, 6) is -0.264. The lowest BCUT2D eigenvalue weighted by Crippen LogP contribution is -2.36. The summed E-state index contributed by atoms with van der Waals surface area (Å²) in [6, 6.07) is 10.7. The maximum atomic E-state index is 13.9. The van der Waals surface area contributed by atoms with Crippen LogP contribution < -0.4 is 15.8 Å². The van der Waals surface area contributed by atoms with Gasteiger partial charge in [-0.05, 0) is 46.3 Å². The topological polar surface area (TPSA) is 59.4 Å². The molecule has 0 unspecified atom stereocenters. The van der Waals surface area contributed by atoms with E-state index in [1.165, 1.54) is 10.6 Å². The van der Waals surface area contributed by atoms with Crippen LogP contribution in [-0.2, 0) is 11.8 Å². The van der Waals surface area contributed by atoms with Gasteiger partial charge in [0.1, 0.15) is 5.82 Å². The van der Waals surface area contributed by atoms with Crippen molar-refractivity contribution < 1.29 is 9.13 Å². The first kappa shape index (κ1) is 17.9. The summed E-state index contributed by atoms with van der Waals surface area (Å²) in [7, 11) is 1.64. The van der Waals surface area contributed by atoms with E-state index in [1.807, 2.05) is 24.3 Å². The van der Waals surface area contributed by atoms with Gasteiger partial charge in [-0.25, -0.2) is 9.37 Å². The number of benzene rings is 2. The Balaban J connectivity index is 1.64. The molecule has 2 heterocycles. The number of rotatable bonds is 3. The van der Waals surface area contributed by atoms with Gasteiger partial charge in [0.05, 0.1) is 28.7 Å². The normalized spacial score (nSPS) is 14.6. The van der Waals surface area contributed by atoms with E-state index >= 15 is 0 Å². The fourth-order valence-electron chi connectivity index (χ4n) is 3.12. The van der Waals surface area contributed by atoms with Gasteiger partial charge in [0.15, 0.2) is 5.82 Å². The van der Waals surface area contributed by atoms with Crippen LogP contribution in [0.3, 0.4) is 0 Å². The largest absolute Gasteiger partial charge is 0.378 e. The van der Waals surface area contributed by atoms with Gasteiger partial charge in [0, 0.05) is 37.6 Å². The van der Waals surface area contributed by atoms with Gasteiger partial charge in [0.2, 0.25) is 0 Å². The Bertz CT molecular complexity index is 1050. The molecule has 140 valence electrons. The molecule has 0 amide bonds. The number of nitrogens with zero attached hydrogens (tertiary/aromatic N) is 3. The van der Waals surface area contributed by atoms with Crippen LogP contribution >= 0.6 is 15.9 Å². The molecular weight excluding hydrogens is 415 g/mol. The molecule has 0 radical (unpaired) electrons. The van der Waals surface area contributed by atoms with Crippen LogP contribution in [0.25, 0.3) is 11.0 Å². The lowest BCUT2D eigenvalue weighted by molar-refractivity contribution is 0.122. The summed E-state index contributed by atoms with van der Waals surface area (Å²) in [6.07, 6.45) is 0.